The van der Waals surface area contributed by atoms with Crippen molar-refractivity contribution < 1.29 is 13.6 Å². The molecule has 0 unspecified atom stereocenters. The zero-order chi connectivity index (χ0) is 14.5. The Hall–Kier alpha value is -1.39. The number of thioether (sulfide) groups is 1. The summed E-state index contributed by atoms with van der Waals surface area (Å²) < 4.78 is 26.6. The number of carbonyl (C=O) groups excluding carboxylic acids is 1. The lowest BCUT2D eigenvalue weighted by molar-refractivity contribution is -0.116. The Morgan fingerprint density at radius 3 is 2.55 bits per heavy atom. The van der Waals surface area contributed by atoms with Crippen LogP contribution in [0.25, 0.3) is 0 Å². The number of Topliss-reactive ketones (excluding diaryl/α,β-unsaturated/α-hetero) is 1. The molecule has 0 aliphatic heterocycles. The lowest BCUT2D eigenvalue weighted by Crippen LogP contribution is -2.06. The third-order valence-electron chi connectivity index (χ3n) is 2.61. The van der Waals surface area contributed by atoms with Crippen LogP contribution in [0.3, 0.4) is 0 Å². The molecule has 0 N–H and O–H groups in total. The van der Waals surface area contributed by atoms with Gasteiger partial charge in [0.05, 0.1) is 10.8 Å². The SMILES string of the molecule is O=C(CSc1ccccc1F)Cc1ccc(Cl)c(F)c1. The zero-order valence-electron chi connectivity index (χ0n) is 10.4. The minimum absolute atomic E-state index is 0.0296. The van der Waals surface area contributed by atoms with Crippen LogP contribution in [0.2, 0.25) is 5.02 Å². The Balaban J connectivity index is 1.93. The van der Waals surface area contributed by atoms with Gasteiger partial charge in [0.1, 0.15) is 17.4 Å². The second-order valence-electron chi connectivity index (χ2n) is 4.18. The summed E-state index contributed by atoms with van der Waals surface area (Å²) in [6.45, 7) is 0. The van der Waals surface area contributed by atoms with E-state index >= 15 is 0 Å². The average molecular weight is 313 g/mol. The van der Waals surface area contributed by atoms with Gasteiger partial charge in [0.15, 0.2) is 0 Å². The molecule has 0 spiro atoms. The molecule has 20 heavy (non-hydrogen) atoms. The van der Waals surface area contributed by atoms with E-state index in [9.17, 15) is 13.6 Å². The Morgan fingerprint density at radius 2 is 1.85 bits per heavy atom. The third-order valence-corrected chi connectivity index (χ3v) is 4.03. The highest BCUT2D eigenvalue weighted by atomic mass is 35.5. The molecule has 5 heteroatoms. The molecule has 0 bridgehead atoms. The van der Waals surface area contributed by atoms with Gasteiger partial charge in [-0.1, -0.05) is 29.8 Å². The molecule has 0 aliphatic carbocycles. The van der Waals surface area contributed by atoms with Crippen molar-refractivity contribution in [3.8, 4) is 0 Å². The van der Waals surface area contributed by atoms with Gasteiger partial charge in [-0.05, 0) is 29.8 Å². The minimum atomic E-state index is -0.543. The van der Waals surface area contributed by atoms with Crippen molar-refractivity contribution in [2.45, 2.75) is 11.3 Å². The first-order valence-electron chi connectivity index (χ1n) is 5.89. The molecular formula is C15H11ClF2OS. The van der Waals surface area contributed by atoms with E-state index in [1.807, 2.05) is 0 Å². The molecule has 0 saturated heterocycles. The van der Waals surface area contributed by atoms with Crippen LogP contribution in [0, 0.1) is 11.6 Å². The predicted octanol–water partition coefficient (Wildman–Crippen LogP) is 4.52. The molecular weight excluding hydrogens is 302 g/mol. The second kappa shape index (κ2) is 6.86. The fourth-order valence-electron chi connectivity index (χ4n) is 1.65. The van der Waals surface area contributed by atoms with E-state index in [1.165, 1.54) is 18.2 Å². The number of hydrogen-bond acceptors (Lipinski definition) is 2. The van der Waals surface area contributed by atoms with Crippen LogP contribution < -0.4 is 0 Å². The first-order chi connectivity index (χ1) is 9.56. The van der Waals surface area contributed by atoms with Crippen LogP contribution in [0.4, 0.5) is 8.78 Å². The van der Waals surface area contributed by atoms with Crippen LogP contribution in [-0.4, -0.2) is 11.5 Å². The summed E-state index contributed by atoms with van der Waals surface area (Å²) in [5.74, 6) is -0.841. The molecule has 2 rings (SSSR count). The highest BCUT2D eigenvalue weighted by Crippen LogP contribution is 2.22. The largest absolute Gasteiger partial charge is 0.298 e. The normalized spacial score (nSPS) is 10.6. The number of ketones is 1. The molecule has 0 heterocycles. The minimum Gasteiger partial charge on any atom is -0.298 e. The summed E-state index contributed by atoms with van der Waals surface area (Å²) in [4.78, 5) is 12.2. The smallest absolute Gasteiger partial charge is 0.147 e. The molecule has 0 saturated carbocycles. The van der Waals surface area contributed by atoms with Crippen LogP contribution in [0.1, 0.15) is 5.56 Å². The Kier molecular flexibility index (Phi) is 5.15. The van der Waals surface area contributed by atoms with Crippen LogP contribution in [0.15, 0.2) is 47.4 Å². The fraction of sp³-hybridized carbons (Fsp3) is 0.133. The first-order valence-corrected chi connectivity index (χ1v) is 7.25. The lowest BCUT2D eigenvalue weighted by Gasteiger charge is -2.04. The van der Waals surface area contributed by atoms with Gasteiger partial charge in [-0.3, -0.25) is 4.79 Å². The molecule has 0 fully saturated rings. The van der Waals surface area contributed by atoms with Gasteiger partial charge in [-0.25, -0.2) is 8.78 Å². The first kappa shape index (κ1) is 15.0. The van der Waals surface area contributed by atoms with Gasteiger partial charge in [0.25, 0.3) is 0 Å². The molecule has 0 atom stereocenters. The van der Waals surface area contributed by atoms with E-state index in [-0.39, 0.29) is 28.8 Å². The van der Waals surface area contributed by atoms with Crippen LogP contribution in [0.5, 0.6) is 0 Å². The Bertz CT molecular complexity index is 631. The van der Waals surface area contributed by atoms with Gasteiger partial charge < -0.3 is 0 Å². The van der Waals surface area contributed by atoms with Crippen LogP contribution >= 0.6 is 23.4 Å². The van der Waals surface area contributed by atoms with E-state index in [1.54, 1.807) is 24.3 Å². The molecule has 2 aromatic rings. The van der Waals surface area contributed by atoms with Crippen molar-refractivity contribution in [3.05, 3.63) is 64.7 Å². The summed E-state index contributed by atoms with van der Waals surface area (Å²) in [6, 6.07) is 10.5. The average Bonchev–Trinajstić information content (AvgIpc) is 2.42. The van der Waals surface area contributed by atoms with Crippen LogP contribution in [-0.2, 0) is 11.2 Å². The number of carbonyl (C=O) groups is 1. The van der Waals surface area contributed by atoms with Gasteiger partial charge >= 0.3 is 0 Å². The van der Waals surface area contributed by atoms with Gasteiger partial charge in [-0.15, -0.1) is 11.8 Å². The number of rotatable bonds is 5. The van der Waals surface area contributed by atoms with Crippen molar-refractivity contribution in [1.82, 2.24) is 0 Å². The number of hydrogen-bond donors (Lipinski definition) is 0. The lowest BCUT2D eigenvalue weighted by atomic mass is 10.1. The highest BCUT2D eigenvalue weighted by molar-refractivity contribution is 8.00. The summed E-state index contributed by atoms with van der Waals surface area (Å²) in [7, 11) is 0. The molecule has 1 nitrogen and oxygen atoms in total. The van der Waals surface area contributed by atoms with Crippen molar-refractivity contribution in [3.63, 3.8) is 0 Å². The quantitative estimate of drug-likeness (QED) is 0.755. The number of benzene rings is 2. The van der Waals surface area contributed by atoms with E-state index in [4.69, 9.17) is 11.6 Å². The second-order valence-corrected chi connectivity index (χ2v) is 5.61. The van der Waals surface area contributed by atoms with E-state index in [0.717, 1.165) is 11.8 Å². The van der Waals surface area contributed by atoms with E-state index in [0.29, 0.717) is 10.5 Å². The molecule has 0 aliphatic rings. The summed E-state index contributed by atoms with van der Waals surface area (Å²) in [5, 5.41) is 0.0296. The maximum atomic E-state index is 13.4. The van der Waals surface area contributed by atoms with Gasteiger partial charge in [-0.2, -0.15) is 0 Å². The van der Waals surface area contributed by atoms with Crippen molar-refractivity contribution >= 4 is 29.1 Å². The highest BCUT2D eigenvalue weighted by Gasteiger charge is 2.09. The fourth-order valence-corrected chi connectivity index (χ4v) is 2.57. The Morgan fingerprint density at radius 1 is 1.10 bits per heavy atom. The maximum absolute atomic E-state index is 13.4. The molecule has 0 radical (unpaired) electrons. The van der Waals surface area contributed by atoms with Gasteiger partial charge in [0.2, 0.25) is 0 Å². The molecule has 0 amide bonds. The number of halogens is 3. The topological polar surface area (TPSA) is 17.1 Å². The molecule has 104 valence electrons. The molecule has 0 aromatic heterocycles. The summed E-state index contributed by atoms with van der Waals surface area (Å²) >= 11 is 6.71. The van der Waals surface area contributed by atoms with Crippen molar-refractivity contribution in [2.24, 2.45) is 0 Å². The molecule has 2 aromatic carbocycles. The third kappa shape index (κ3) is 4.05. The summed E-state index contributed by atoms with van der Waals surface area (Å²) in [5.41, 5.74) is 0.561. The zero-order valence-corrected chi connectivity index (χ0v) is 12.0. The van der Waals surface area contributed by atoms with Crippen molar-refractivity contribution in [2.75, 3.05) is 5.75 Å². The Labute approximate surface area is 125 Å². The standard InChI is InChI=1S/C15H11ClF2OS/c16-12-6-5-10(8-14(12)18)7-11(19)9-20-15-4-2-1-3-13(15)17/h1-6,8H,7,9H2. The van der Waals surface area contributed by atoms with E-state index in [2.05, 4.69) is 0 Å². The maximum Gasteiger partial charge on any atom is 0.147 e. The van der Waals surface area contributed by atoms with E-state index < -0.39 is 5.82 Å². The van der Waals surface area contributed by atoms with Gasteiger partial charge in [0, 0.05) is 11.3 Å². The monoisotopic (exact) mass is 312 g/mol. The predicted molar refractivity (Wildman–Crippen MR) is 77.2 cm³/mol. The summed E-state index contributed by atoms with van der Waals surface area (Å²) in [6.07, 6.45) is 0.107. The van der Waals surface area contributed by atoms with Crippen molar-refractivity contribution in [1.29, 1.82) is 0 Å².